The molecule has 1 aromatic carbocycles. The van der Waals surface area contributed by atoms with Crippen LogP contribution in [0, 0.1) is 30.6 Å². The molecule has 21 heavy (non-hydrogen) atoms. The monoisotopic (exact) mass is 284 g/mol. The normalized spacial score (nSPS) is 36.7. The first-order valence-electron chi connectivity index (χ1n) is 8.30. The van der Waals surface area contributed by atoms with Gasteiger partial charge in [0.05, 0.1) is 0 Å². The highest BCUT2D eigenvalue weighted by molar-refractivity contribution is 5.93. The minimum Gasteiger partial charge on any atom is -0.382 e. The molecule has 5 unspecified atom stereocenters. The molecule has 3 aliphatic rings. The summed E-state index contributed by atoms with van der Waals surface area (Å²) in [5.74, 6) is 3.50. The maximum atomic E-state index is 11.2. The van der Waals surface area contributed by atoms with Crippen molar-refractivity contribution < 1.29 is 4.79 Å². The molecule has 112 valence electrons. The summed E-state index contributed by atoms with van der Waals surface area (Å²) >= 11 is 0. The predicted molar refractivity (Wildman–Crippen MR) is 84.2 cm³/mol. The van der Waals surface area contributed by atoms with E-state index < -0.39 is 0 Å². The standard InChI is InChI=1S/C18H24N2O/c1-10-7-11(18(19)21)5-6-16(10)20-17-9-12-8-15(17)14-4-2-3-13(12)14/h5-7,12-15,17,20H,2-4,8-9H2,1H3,(H2,19,21). The summed E-state index contributed by atoms with van der Waals surface area (Å²) in [4.78, 5) is 11.2. The van der Waals surface area contributed by atoms with Crippen molar-refractivity contribution in [3.05, 3.63) is 29.3 Å². The first-order valence-corrected chi connectivity index (χ1v) is 8.30. The molecule has 4 rings (SSSR count). The molecule has 3 heteroatoms. The zero-order chi connectivity index (χ0) is 14.6. The Kier molecular flexibility index (Phi) is 2.98. The minimum atomic E-state index is -0.349. The van der Waals surface area contributed by atoms with Gasteiger partial charge in [0.25, 0.3) is 0 Å². The average Bonchev–Trinajstić information content (AvgIpc) is 3.12. The topological polar surface area (TPSA) is 55.1 Å². The van der Waals surface area contributed by atoms with E-state index in [4.69, 9.17) is 5.73 Å². The summed E-state index contributed by atoms with van der Waals surface area (Å²) in [6.07, 6.45) is 7.14. The Hall–Kier alpha value is -1.51. The number of carbonyl (C=O) groups excluding carboxylic acids is 1. The molecule has 3 aliphatic carbocycles. The van der Waals surface area contributed by atoms with Crippen LogP contribution in [0.5, 0.6) is 0 Å². The lowest BCUT2D eigenvalue weighted by atomic mass is 9.79. The summed E-state index contributed by atoms with van der Waals surface area (Å²) < 4.78 is 0. The van der Waals surface area contributed by atoms with Gasteiger partial charge >= 0.3 is 0 Å². The van der Waals surface area contributed by atoms with Crippen LogP contribution in [0.2, 0.25) is 0 Å². The Balaban J connectivity index is 1.51. The molecule has 0 aromatic heterocycles. The van der Waals surface area contributed by atoms with Crippen LogP contribution >= 0.6 is 0 Å². The van der Waals surface area contributed by atoms with E-state index in [1.165, 1.54) is 37.8 Å². The number of fused-ring (bicyclic) bond motifs is 5. The van der Waals surface area contributed by atoms with Gasteiger partial charge in [-0.05, 0) is 80.0 Å². The minimum absolute atomic E-state index is 0.349. The highest BCUT2D eigenvalue weighted by Crippen LogP contribution is 2.59. The van der Waals surface area contributed by atoms with Crippen molar-refractivity contribution in [3.63, 3.8) is 0 Å². The van der Waals surface area contributed by atoms with Gasteiger partial charge in [-0.2, -0.15) is 0 Å². The van der Waals surface area contributed by atoms with E-state index in [2.05, 4.69) is 12.2 Å². The molecule has 0 saturated heterocycles. The zero-order valence-corrected chi connectivity index (χ0v) is 12.6. The van der Waals surface area contributed by atoms with Crippen LogP contribution in [0.25, 0.3) is 0 Å². The van der Waals surface area contributed by atoms with Gasteiger partial charge in [0, 0.05) is 17.3 Å². The summed E-state index contributed by atoms with van der Waals surface area (Å²) in [5.41, 5.74) is 8.24. The summed E-state index contributed by atoms with van der Waals surface area (Å²) in [5, 5.41) is 3.77. The summed E-state index contributed by atoms with van der Waals surface area (Å²) in [7, 11) is 0. The van der Waals surface area contributed by atoms with Crippen molar-refractivity contribution in [2.45, 2.75) is 45.1 Å². The number of anilines is 1. The lowest BCUT2D eigenvalue weighted by Crippen LogP contribution is -2.34. The third-order valence-corrected chi connectivity index (χ3v) is 6.28. The van der Waals surface area contributed by atoms with Crippen molar-refractivity contribution in [3.8, 4) is 0 Å². The van der Waals surface area contributed by atoms with Crippen LogP contribution in [0.3, 0.4) is 0 Å². The molecule has 0 radical (unpaired) electrons. The number of hydrogen-bond acceptors (Lipinski definition) is 2. The number of hydrogen-bond donors (Lipinski definition) is 2. The van der Waals surface area contributed by atoms with Gasteiger partial charge in [0.2, 0.25) is 5.91 Å². The second kappa shape index (κ2) is 4.75. The van der Waals surface area contributed by atoms with Crippen LogP contribution in [0.4, 0.5) is 5.69 Å². The molecule has 0 spiro atoms. The Labute approximate surface area is 126 Å². The number of amides is 1. The van der Waals surface area contributed by atoms with Crippen molar-refractivity contribution in [2.75, 3.05) is 5.32 Å². The van der Waals surface area contributed by atoms with Crippen LogP contribution in [0.1, 0.15) is 48.0 Å². The van der Waals surface area contributed by atoms with E-state index in [0.29, 0.717) is 11.6 Å². The molecule has 3 N–H and O–H groups in total. The molecule has 0 heterocycles. The molecule has 5 atom stereocenters. The van der Waals surface area contributed by atoms with Crippen molar-refractivity contribution in [1.29, 1.82) is 0 Å². The van der Waals surface area contributed by atoms with Crippen molar-refractivity contribution in [1.82, 2.24) is 0 Å². The fourth-order valence-electron chi connectivity index (χ4n) is 5.41. The maximum Gasteiger partial charge on any atom is 0.248 e. The van der Waals surface area contributed by atoms with Gasteiger partial charge in [-0.25, -0.2) is 0 Å². The number of benzene rings is 1. The van der Waals surface area contributed by atoms with Gasteiger partial charge in [0.1, 0.15) is 0 Å². The highest BCUT2D eigenvalue weighted by atomic mass is 16.1. The fourth-order valence-corrected chi connectivity index (χ4v) is 5.41. The first-order chi connectivity index (χ1) is 10.1. The van der Waals surface area contributed by atoms with Crippen LogP contribution in [-0.4, -0.2) is 11.9 Å². The van der Waals surface area contributed by atoms with Crippen LogP contribution in [0.15, 0.2) is 18.2 Å². The van der Waals surface area contributed by atoms with E-state index in [-0.39, 0.29) is 5.91 Å². The third kappa shape index (κ3) is 2.05. The fraction of sp³-hybridized carbons (Fsp3) is 0.611. The average molecular weight is 284 g/mol. The van der Waals surface area contributed by atoms with Gasteiger partial charge in [-0.1, -0.05) is 6.42 Å². The number of nitrogens with two attached hydrogens (primary N) is 1. The Morgan fingerprint density at radius 1 is 1.19 bits per heavy atom. The number of nitrogens with one attached hydrogen (secondary N) is 1. The molecule has 3 fully saturated rings. The molecule has 1 aromatic rings. The SMILES string of the molecule is Cc1cc(C(N)=O)ccc1NC1CC2CC1C1CCCC21. The van der Waals surface area contributed by atoms with Crippen molar-refractivity contribution in [2.24, 2.45) is 29.4 Å². The lowest BCUT2D eigenvalue weighted by Gasteiger charge is -2.33. The lowest BCUT2D eigenvalue weighted by molar-refractivity contribution is 0.1000. The third-order valence-electron chi connectivity index (χ3n) is 6.28. The quantitative estimate of drug-likeness (QED) is 0.894. The van der Waals surface area contributed by atoms with Gasteiger partial charge in [-0.3, -0.25) is 4.79 Å². The van der Waals surface area contributed by atoms with Gasteiger partial charge in [-0.15, -0.1) is 0 Å². The Bertz CT molecular complexity index is 583. The molecule has 1 amide bonds. The van der Waals surface area contributed by atoms with E-state index in [0.717, 1.165) is 29.2 Å². The van der Waals surface area contributed by atoms with Gasteiger partial charge in [0.15, 0.2) is 0 Å². The maximum absolute atomic E-state index is 11.2. The van der Waals surface area contributed by atoms with E-state index in [9.17, 15) is 4.79 Å². The first kappa shape index (κ1) is 13.2. The van der Waals surface area contributed by atoms with Crippen LogP contribution in [-0.2, 0) is 0 Å². The second-order valence-electron chi connectivity index (χ2n) is 7.30. The highest BCUT2D eigenvalue weighted by Gasteiger charge is 2.53. The predicted octanol–water partition coefficient (Wildman–Crippen LogP) is 3.33. The molecule has 3 nitrogen and oxygen atoms in total. The van der Waals surface area contributed by atoms with Crippen LogP contribution < -0.4 is 11.1 Å². The Morgan fingerprint density at radius 2 is 2.00 bits per heavy atom. The number of carbonyl (C=O) groups is 1. The largest absolute Gasteiger partial charge is 0.382 e. The molecule has 2 bridgehead atoms. The summed E-state index contributed by atoms with van der Waals surface area (Å²) in [6, 6.07) is 6.39. The molecule has 3 saturated carbocycles. The number of aryl methyl sites for hydroxylation is 1. The van der Waals surface area contributed by atoms with Gasteiger partial charge < -0.3 is 11.1 Å². The number of rotatable bonds is 3. The summed E-state index contributed by atoms with van der Waals surface area (Å²) in [6.45, 7) is 2.06. The van der Waals surface area contributed by atoms with E-state index in [1.54, 1.807) is 0 Å². The Morgan fingerprint density at radius 3 is 2.76 bits per heavy atom. The smallest absolute Gasteiger partial charge is 0.248 e. The molecular weight excluding hydrogens is 260 g/mol. The molecular formula is C18H24N2O. The second-order valence-corrected chi connectivity index (χ2v) is 7.30. The van der Waals surface area contributed by atoms with E-state index in [1.807, 2.05) is 18.2 Å². The molecule has 0 aliphatic heterocycles. The van der Waals surface area contributed by atoms with E-state index >= 15 is 0 Å². The number of primary amides is 1. The van der Waals surface area contributed by atoms with Crippen molar-refractivity contribution >= 4 is 11.6 Å². The zero-order valence-electron chi connectivity index (χ0n) is 12.6.